The first-order valence-electron chi connectivity index (χ1n) is 8.39. The molecule has 0 fully saturated rings. The molecule has 0 unspecified atom stereocenters. The molecular formula is C21H20BrNO4. The van der Waals surface area contributed by atoms with Crippen LogP contribution in [-0.4, -0.2) is 26.7 Å². The number of hydrogen-bond acceptors (Lipinski definition) is 4. The molecule has 3 aromatic carbocycles. The van der Waals surface area contributed by atoms with E-state index in [0.29, 0.717) is 23.8 Å². The highest BCUT2D eigenvalue weighted by atomic mass is 79.9. The van der Waals surface area contributed by atoms with E-state index >= 15 is 0 Å². The van der Waals surface area contributed by atoms with Gasteiger partial charge in [-0.05, 0) is 52.7 Å². The molecule has 27 heavy (non-hydrogen) atoms. The van der Waals surface area contributed by atoms with Gasteiger partial charge in [0.05, 0.1) is 14.2 Å². The molecule has 3 rings (SSSR count). The van der Waals surface area contributed by atoms with E-state index in [1.54, 1.807) is 14.2 Å². The fourth-order valence-corrected chi connectivity index (χ4v) is 3.05. The van der Waals surface area contributed by atoms with Gasteiger partial charge in [-0.25, -0.2) is 0 Å². The monoisotopic (exact) mass is 429 g/mol. The number of benzene rings is 3. The number of carbonyl (C=O) groups is 1. The maximum atomic E-state index is 12.1. The van der Waals surface area contributed by atoms with Crippen molar-refractivity contribution in [3.63, 3.8) is 0 Å². The Morgan fingerprint density at radius 2 is 1.67 bits per heavy atom. The van der Waals surface area contributed by atoms with E-state index in [1.165, 1.54) is 0 Å². The van der Waals surface area contributed by atoms with Crippen LogP contribution in [0.5, 0.6) is 17.2 Å². The number of methoxy groups -OCH3 is 2. The van der Waals surface area contributed by atoms with Crippen LogP contribution in [0, 0.1) is 0 Å². The van der Waals surface area contributed by atoms with Gasteiger partial charge in [-0.2, -0.15) is 0 Å². The minimum Gasteiger partial charge on any atom is -0.493 e. The number of hydrogen-bond donors (Lipinski definition) is 1. The summed E-state index contributed by atoms with van der Waals surface area (Å²) >= 11 is 3.46. The molecule has 0 bridgehead atoms. The fraction of sp³-hybridized carbons (Fsp3) is 0.190. The second-order valence-electron chi connectivity index (χ2n) is 5.91. The zero-order valence-corrected chi connectivity index (χ0v) is 16.7. The predicted molar refractivity (Wildman–Crippen MR) is 109 cm³/mol. The molecular weight excluding hydrogens is 410 g/mol. The molecule has 0 spiro atoms. The lowest BCUT2D eigenvalue weighted by atomic mass is 10.1. The van der Waals surface area contributed by atoms with Crippen LogP contribution in [0.3, 0.4) is 0 Å². The zero-order valence-electron chi connectivity index (χ0n) is 15.1. The van der Waals surface area contributed by atoms with Crippen LogP contribution in [0.1, 0.15) is 5.56 Å². The number of nitrogens with one attached hydrogen (secondary N) is 1. The molecule has 0 saturated heterocycles. The normalized spacial score (nSPS) is 10.5. The first kappa shape index (κ1) is 19.0. The summed E-state index contributed by atoms with van der Waals surface area (Å²) in [5.74, 6) is 1.74. The summed E-state index contributed by atoms with van der Waals surface area (Å²) in [6.45, 7) is 0.337. The molecule has 0 atom stereocenters. The van der Waals surface area contributed by atoms with Crippen LogP contribution < -0.4 is 19.5 Å². The Kier molecular flexibility index (Phi) is 6.19. The van der Waals surface area contributed by atoms with Crippen LogP contribution in [0.2, 0.25) is 0 Å². The highest BCUT2D eigenvalue weighted by Crippen LogP contribution is 2.27. The van der Waals surface area contributed by atoms with Crippen molar-refractivity contribution in [1.29, 1.82) is 0 Å². The molecule has 0 saturated carbocycles. The highest BCUT2D eigenvalue weighted by Gasteiger charge is 2.07. The summed E-state index contributed by atoms with van der Waals surface area (Å²) < 4.78 is 17.1. The molecule has 0 radical (unpaired) electrons. The van der Waals surface area contributed by atoms with Crippen LogP contribution in [0.15, 0.2) is 59.1 Å². The average Bonchev–Trinajstić information content (AvgIpc) is 2.70. The number of carbonyl (C=O) groups excluding carboxylic acids is 1. The lowest BCUT2D eigenvalue weighted by Crippen LogP contribution is -2.28. The number of fused-ring (bicyclic) bond motifs is 1. The zero-order chi connectivity index (χ0) is 19.2. The summed E-state index contributed by atoms with van der Waals surface area (Å²) in [7, 11) is 3.17. The lowest BCUT2D eigenvalue weighted by molar-refractivity contribution is -0.123. The molecule has 1 amide bonds. The maximum Gasteiger partial charge on any atom is 0.258 e. The molecule has 3 aromatic rings. The van der Waals surface area contributed by atoms with Gasteiger partial charge >= 0.3 is 0 Å². The van der Waals surface area contributed by atoms with Crippen LogP contribution >= 0.6 is 15.9 Å². The van der Waals surface area contributed by atoms with Crippen LogP contribution in [-0.2, 0) is 11.3 Å². The van der Waals surface area contributed by atoms with E-state index in [4.69, 9.17) is 14.2 Å². The van der Waals surface area contributed by atoms with Gasteiger partial charge in [-0.15, -0.1) is 0 Å². The smallest absolute Gasteiger partial charge is 0.258 e. The number of halogens is 1. The Balaban J connectivity index is 1.54. The van der Waals surface area contributed by atoms with Crippen molar-refractivity contribution in [3.05, 3.63) is 64.6 Å². The quantitative estimate of drug-likeness (QED) is 0.607. The van der Waals surface area contributed by atoms with E-state index in [0.717, 1.165) is 20.8 Å². The second-order valence-corrected chi connectivity index (χ2v) is 6.82. The van der Waals surface area contributed by atoms with Gasteiger partial charge in [0, 0.05) is 11.0 Å². The Morgan fingerprint density at radius 1 is 0.926 bits per heavy atom. The van der Waals surface area contributed by atoms with Crippen molar-refractivity contribution < 1.29 is 19.0 Å². The van der Waals surface area contributed by atoms with Gasteiger partial charge in [0.15, 0.2) is 18.1 Å². The molecule has 1 N–H and O–H groups in total. The lowest BCUT2D eigenvalue weighted by Gasteiger charge is -2.11. The Labute approximate surface area is 166 Å². The molecule has 0 aromatic heterocycles. The largest absolute Gasteiger partial charge is 0.493 e. The molecule has 140 valence electrons. The standard InChI is InChI=1S/C21H20BrNO4/c1-25-19-8-3-14(9-20(19)26-2)12-23-21(24)13-27-18-7-5-15-10-17(22)6-4-16(15)11-18/h3-11H,12-13H2,1-2H3,(H,23,24). The summed E-state index contributed by atoms with van der Waals surface area (Å²) in [6.07, 6.45) is 0. The van der Waals surface area contributed by atoms with Crippen molar-refractivity contribution in [2.75, 3.05) is 20.8 Å². The average molecular weight is 430 g/mol. The van der Waals surface area contributed by atoms with Gasteiger partial charge in [0.1, 0.15) is 5.75 Å². The number of amides is 1. The summed E-state index contributed by atoms with van der Waals surface area (Å²) in [6, 6.07) is 17.3. The van der Waals surface area contributed by atoms with Crippen LogP contribution in [0.4, 0.5) is 0 Å². The van der Waals surface area contributed by atoms with Crippen molar-refractivity contribution >= 4 is 32.6 Å². The highest BCUT2D eigenvalue weighted by molar-refractivity contribution is 9.10. The van der Waals surface area contributed by atoms with Crippen molar-refractivity contribution in [1.82, 2.24) is 5.32 Å². The summed E-state index contributed by atoms with van der Waals surface area (Å²) in [4.78, 5) is 12.1. The molecule has 0 aliphatic carbocycles. The predicted octanol–water partition coefficient (Wildman–Crippen LogP) is 4.31. The Bertz CT molecular complexity index is 958. The van der Waals surface area contributed by atoms with E-state index < -0.39 is 0 Å². The molecule has 0 aliphatic heterocycles. The van der Waals surface area contributed by atoms with Gasteiger partial charge in [0.2, 0.25) is 0 Å². The second kappa shape index (κ2) is 8.77. The number of ether oxygens (including phenoxy) is 3. The maximum absolute atomic E-state index is 12.1. The molecule has 6 heteroatoms. The van der Waals surface area contributed by atoms with Gasteiger partial charge in [-0.3, -0.25) is 4.79 Å². The number of rotatable bonds is 7. The molecule has 0 aliphatic rings. The van der Waals surface area contributed by atoms with E-state index in [-0.39, 0.29) is 12.5 Å². The third kappa shape index (κ3) is 4.92. The minimum atomic E-state index is -0.194. The fourth-order valence-electron chi connectivity index (χ4n) is 2.68. The third-order valence-electron chi connectivity index (χ3n) is 4.08. The van der Waals surface area contributed by atoms with Crippen LogP contribution in [0.25, 0.3) is 10.8 Å². The van der Waals surface area contributed by atoms with Crippen molar-refractivity contribution in [2.45, 2.75) is 6.54 Å². The summed E-state index contributed by atoms with van der Waals surface area (Å²) in [5.41, 5.74) is 0.914. The van der Waals surface area contributed by atoms with Crippen molar-refractivity contribution in [2.24, 2.45) is 0 Å². The summed E-state index contributed by atoms with van der Waals surface area (Å²) in [5, 5.41) is 5.00. The molecule has 5 nitrogen and oxygen atoms in total. The van der Waals surface area contributed by atoms with E-state index in [1.807, 2.05) is 54.6 Å². The SMILES string of the molecule is COc1ccc(CNC(=O)COc2ccc3cc(Br)ccc3c2)cc1OC. The topological polar surface area (TPSA) is 56.8 Å². The Hall–Kier alpha value is -2.73. The first-order chi connectivity index (χ1) is 13.1. The Morgan fingerprint density at radius 3 is 2.44 bits per heavy atom. The van der Waals surface area contributed by atoms with Crippen molar-refractivity contribution in [3.8, 4) is 17.2 Å². The minimum absolute atomic E-state index is 0.0463. The van der Waals surface area contributed by atoms with E-state index in [2.05, 4.69) is 21.2 Å². The molecule has 0 heterocycles. The first-order valence-corrected chi connectivity index (χ1v) is 9.18. The third-order valence-corrected chi connectivity index (χ3v) is 4.57. The van der Waals surface area contributed by atoms with Gasteiger partial charge < -0.3 is 19.5 Å². The van der Waals surface area contributed by atoms with Gasteiger partial charge in [0.25, 0.3) is 5.91 Å². The van der Waals surface area contributed by atoms with E-state index in [9.17, 15) is 4.79 Å². The van der Waals surface area contributed by atoms with Gasteiger partial charge in [-0.1, -0.05) is 34.1 Å².